The smallest absolute Gasteiger partial charge is 0.335 e. The van der Waals surface area contributed by atoms with E-state index in [4.69, 9.17) is 9.52 Å². The van der Waals surface area contributed by atoms with Gasteiger partial charge in [0.2, 0.25) is 5.91 Å². The van der Waals surface area contributed by atoms with E-state index in [-0.39, 0.29) is 17.9 Å². The average Bonchev–Trinajstić information content (AvgIpc) is 2.81. The molecule has 2 rings (SSSR count). The lowest BCUT2D eigenvalue weighted by atomic mass is 10.1. The monoisotopic (exact) mass is 273 g/mol. The van der Waals surface area contributed by atoms with Gasteiger partial charge in [-0.05, 0) is 30.2 Å². The van der Waals surface area contributed by atoms with Crippen molar-refractivity contribution < 1.29 is 19.1 Å². The maximum Gasteiger partial charge on any atom is 0.335 e. The summed E-state index contributed by atoms with van der Waals surface area (Å²) in [5.41, 5.74) is 1.74. The first-order valence-electron chi connectivity index (χ1n) is 6.23. The number of carbonyl (C=O) groups is 2. The van der Waals surface area contributed by atoms with Gasteiger partial charge in [0.15, 0.2) is 0 Å². The lowest BCUT2D eigenvalue weighted by Gasteiger charge is -2.02. The second kappa shape index (κ2) is 6.06. The highest BCUT2D eigenvalue weighted by Crippen LogP contribution is 2.22. The Labute approximate surface area is 115 Å². The second-order valence-corrected chi connectivity index (χ2v) is 4.37. The normalized spacial score (nSPS) is 10.4. The molecule has 1 amide bonds. The molecule has 0 aliphatic carbocycles. The quantitative estimate of drug-likeness (QED) is 0.792. The maximum atomic E-state index is 11.3. The van der Waals surface area contributed by atoms with Crippen LogP contribution in [0.15, 0.2) is 41.5 Å². The first-order valence-corrected chi connectivity index (χ1v) is 6.23. The highest BCUT2D eigenvalue weighted by molar-refractivity contribution is 5.94. The van der Waals surface area contributed by atoms with Gasteiger partial charge in [0.25, 0.3) is 0 Å². The van der Waals surface area contributed by atoms with E-state index in [9.17, 15) is 9.59 Å². The first-order chi connectivity index (χ1) is 9.61. The Balaban J connectivity index is 2.10. The number of carboxylic acid groups (broad SMARTS) is 1. The van der Waals surface area contributed by atoms with Gasteiger partial charge in [-0.3, -0.25) is 4.79 Å². The molecule has 0 saturated carbocycles. The van der Waals surface area contributed by atoms with Crippen molar-refractivity contribution in [2.45, 2.75) is 12.8 Å². The molecular weight excluding hydrogens is 258 g/mol. The van der Waals surface area contributed by atoms with Crippen molar-refractivity contribution in [1.82, 2.24) is 5.32 Å². The molecule has 1 heterocycles. The zero-order valence-electron chi connectivity index (χ0n) is 10.9. The largest absolute Gasteiger partial charge is 0.478 e. The zero-order chi connectivity index (χ0) is 14.5. The molecule has 0 saturated heterocycles. The Kier molecular flexibility index (Phi) is 4.20. The fourth-order valence-corrected chi connectivity index (χ4v) is 1.95. The van der Waals surface area contributed by atoms with Gasteiger partial charge in [-0.1, -0.05) is 6.08 Å². The summed E-state index contributed by atoms with van der Waals surface area (Å²) in [5.74, 6) is -1.06. The van der Waals surface area contributed by atoms with Crippen molar-refractivity contribution in [3.05, 3.63) is 48.2 Å². The van der Waals surface area contributed by atoms with Gasteiger partial charge in [0.1, 0.15) is 5.58 Å². The predicted octanol–water partition coefficient (Wildman–Crippen LogP) is 2.37. The van der Waals surface area contributed by atoms with E-state index in [2.05, 4.69) is 11.9 Å². The van der Waals surface area contributed by atoms with Crippen molar-refractivity contribution in [2.24, 2.45) is 0 Å². The van der Waals surface area contributed by atoms with E-state index < -0.39 is 5.97 Å². The summed E-state index contributed by atoms with van der Waals surface area (Å²) >= 11 is 0. The molecule has 5 heteroatoms. The Morgan fingerprint density at radius 2 is 2.20 bits per heavy atom. The third kappa shape index (κ3) is 3.06. The number of aromatic carboxylic acids is 1. The maximum absolute atomic E-state index is 11.3. The third-order valence-electron chi connectivity index (χ3n) is 2.95. The van der Waals surface area contributed by atoms with Crippen molar-refractivity contribution in [3.63, 3.8) is 0 Å². The topological polar surface area (TPSA) is 79.5 Å². The summed E-state index contributed by atoms with van der Waals surface area (Å²) in [7, 11) is 0. The Hall–Kier alpha value is -2.56. The lowest BCUT2D eigenvalue weighted by Crippen LogP contribution is -2.24. The number of fused-ring (bicyclic) bond motifs is 1. The highest BCUT2D eigenvalue weighted by Gasteiger charge is 2.10. The molecule has 0 fully saturated rings. The Morgan fingerprint density at radius 3 is 2.90 bits per heavy atom. The molecule has 2 aromatic rings. The molecule has 0 unspecified atom stereocenters. The predicted molar refractivity (Wildman–Crippen MR) is 74.7 cm³/mol. The van der Waals surface area contributed by atoms with Crippen LogP contribution in [0.5, 0.6) is 0 Å². The summed E-state index contributed by atoms with van der Waals surface area (Å²) in [5, 5.41) is 12.5. The van der Waals surface area contributed by atoms with Crippen LogP contribution in [-0.2, 0) is 11.2 Å². The minimum absolute atomic E-state index is 0.0842. The molecular formula is C15H15NO4. The van der Waals surface area contributed by atoms with E-state index in [1.54, 1.807) is 24.5 Å². The van der Waals surface area contributed by atoms with Crippen LogP contribution in [0.2, 0.25) is 0 Å². The fraction of sp³-hybridized carbons (Fsp3) is 0.200. The number of rotatable bonds is 6. The number of benzene rings is 1. The van der Waals surface area contributed by atoms with Crippen LogP contribution in [0.3, 0.4) is 0 Å². The summed E-state index contributed by atoms with van der Waals surface area (Å²) in [6, 6.07) is 4.73. The zero-order valence-corrected chi connectivity index (χ0v) is 10.9. The average molecular weight is 273 g/mol. The van der Waals surface area contributed by atoms with Crippen LogP contribution in [0.1, 0.15) is 22.3 Å². The van der Waals surface area contributed by atoms with Crippen molar-refractivity contribution in [3.8, 4) is 0 Å². The summed E-state index contributed by atoms with van der Waals surface area (Å²) in [4.78, 5) is 22.3. The van der Waals surface area contributed by atoms with Gasteiger partial charge in [-0.25, -0.2) is 4.79 Å². The molecule has 0 spiro atoms. The van der Waals surface area contributed by atoms with Crippen LogP contribution in [0, 0.1) is 0 Å². The molecule has 0 aliphatic heterocycles. The van der Waals surface area contributed by atoms with Crippen LogP contribution in [0.25, 0.3) is 11.0 Å². The van der Waals surface area contributed by atoms with E-state index in [0.717, 1.165) is 10.9 Å². The molecule has 2 N–H and O–H groups in total. The summed E-state index contributed by atoms with van der Waals surface area (Å²) in [6.07, 6.45) is 4.01. The number of furan rings is 1. The van der Waals surface area contributed by atoms with Crippen molar-refractivity contribution in [2.75, 3.05) is 6.54 Å². The van der Waals surface area contributed by atoms with Crippen LogP contribution >= 0.6 is 0 Å². The second-order valence-electron chi connectivity index (χ2n) is 4.37. The number of carboxylic acids is 1. The lowest BCUT2D eigenvalue weighted by molar-refractivity contribution is -0.120. The van der Waals surface area contributed by atoms with E-state index in [0.29, 0.717) is 18.5 Å². The third-order valence-corrected chi connectivity index (χ3v) is 2.95. The molecule has 20 heavy (non-hydrogen) atoms. The van der Waals surface area contributed by atoms with Gasteiger partial charge in [0.05, 0.1) is 11.8 Å². The van der Waals surface area contributed by atoms with Gasteiger partial charge in [-0.15, -0.1) is 6.58 Å². The molecule has 104 valence electrons. The van der Waals surface area contributed by atoms with Gasteiger partial charge < -0.3 is 14.8 Å². The number of carbonyl (C=O) groups excluding carboxylic acids is 1. The van der Waals surface area contributed by atoms with Crippen LogP contribution < -0.4 is 5.32 Å². The molecule has 1 aromatic heterocycles. The van der Waals surface area contributed by atoms with Crippen molar-refractivity contribution in [1.29, 1.82) is 0 Å². The minimum Gasteiger partial charge on any atom is -0.478 e. The molecule has 0 atom stereocenters. The van der Waals surface area contributed by atoms with E-state index in [1.165, 1.54) is 6.07 Å². The Bertz CT molecular complexity index is 657. The molecule has 0 aliphatic rings. The molecule has 0 bridgehead atoms. The van der Waals surface area contributed by atoms with Gasteiger partial charge >= 0.3 is 5.97 Å². The molecule has 5 nitrogen and oxygen atoms in total. The standard InChI is InChI=1S/C15H15NO4/c1-2-3-14(17)16-7-6-11-9-20-13-5-4-10(15(18)19)8-12(11)13/h2,4-5,8-9H,1,3,6-7H2,(H,16,17)(H,18,19). The van der Waals surface area contributed by atoms with E-state index in [1.807, 2.05) is 0 Å². The fourth-order valence-electron chi connectivity index (χ4n) is 1.95. The van der Waals surface area contributed by atoms with Gasteiger partial charge in [-0.2, -0.15) is 0 Å². The number of nitrogens with one attached hydrogen (secondary N) is 1. The Morgan fingerprint density at radius 1 is 1.40 bits per heavy atom. The summed E-state index contributed by atoms with van der Waals surface area (Å²) < 4.78 is 5.37. The minimum atomic E-state index is -0.974. The van der Waals surface area contributed by atoms with E-state index >= 15 is 0 Å². The summed E-state index contributed by atoms with van der Waals surface area (Å²) in [6.45, 7) is 3.97. The van der Waals surface area contributed by atoms with Crippen LogP contribution in [0.4, 0.5) is 0 Å². The van der Waals surface area contributed by atoms with Crippen molar-refractivity contribution >= 4 is 22.8 Å². The van der Waals surface area contributed by atoms with Gasteiger partial charge in [0, 0.05) is 18.4 Å². The molecule has 1 aromatic carbocycles. The number of hydrogen-bond acceptors (Lipinski definition) is 3. The number of amides is 1. The van der Waals surface area contributed by atoms with Crippen LogP contribution in [-0.4, -0.2) is 23.5 Å². The highest BCUT2D eigenvalue weighted by atomic mass is 16.4. The molecule has 0 radical (unpaired) electrons. The number of hydrogen-bond donors (Lipinski definition) is 2. The first kappa shape index (κ1) is 13.9. The SMILES string of the molecule is C=CCC(=O)NCCc1coc2ccc(C(=O)O)cc12.